The number of allylic oxidation sites excluding steroid dienone is 2. The molecule has 10 heteroatoms. The lowest BCUT2D eigenvalue weighted by atomic mass is 9.70. The lowest BCUT2D eigenvalue weighted by Gasteiger charge is -2.40. The van der Waals surface area contributed by atoms with E-state index in [1.807, 2.05) is 29.2 Å². The van der Waals surface area contributed by atoms with Crippen molar-refractivity contribution in [2.24, 2.45) is 0 Å². The maximum Gasteiger partial charge on any atom is 0.264 e. The summed E-state index contributed by atoms with van der Waals surface area (Å²) in [4.78, 5) is 14.6. The molecule has 2 aliphatic rings. The molecule has 5 rings (SSSR count). The van der Waals surface area contributed by atoms with Gasteiger partial charge in [0.25, 0.3) is 10.0 Å². The first kappa shape index (κ1) is 29.0. The molecule has 1 atom stereocenters. The van der Waals surface area contributed by atoms with Crippen molar-refractivity contribution in [2.45, 2.75) is 61.9 Å². The number of aromatic nitrogens is 2. The highest BCUT2D eigenvalue weighted by atomic mass is 35.5. The average molecular weight is 595 g/mol. The van der Waals surface area contributed by atoms with E-state index in [0.29, 0.717) is 55.5 Å². The maximum atomic E-state index is 13.2. The number of aryl methyl sites for hydroxylation is 1. The Balaban J connectivity index is 1.52. The van der Waals surface area contributed by atoms with Crippen LogP contribution in [0.3, 0.4) is 0 Å². The summed E-state index contributed by atoms with van der Waals surface area (Å²) < 4.78 is 36.9. The molecule has 1 aliphatic heterocycles. The zero-order chi connectivity index (χ0) is 29.0. The van der Waals surface area contributed by atoms with Gasteiger partial charge in [-0.1, -0.05) is 29.8 Å². The Hall–Kier alpha value is -3.56. The fraction of sp³-hybridized carbons (Fsp3) is 0.355. The van der Waals surface area contributed by atoms with Crippen molar-refractivity contribution < 1.29 is 17.9 Å². The number of hydrogen-bond acceptors (Lipinski definition) is 6. The van der Waals surface area contributed by atoms with Crippen LogP contribution in [0.25, 0.3) is 0 Å². The number of unbranched alkanes of at least 4 members (excludes halogenated alkanes) is 1. The van der Waals surface area contributed by atoms with Gasteiger partial charge in [-0.3, -0.25) is 9.48 Å². The molecule has 0 radical (unpaired) electrons. The van der Waals surface area contributed by atoms with Gasteiger partial charge in [0.2, 0.25) is 5.91 Å². The third kappa shape index (κ3) is 6.36. The van der Waals surface area contributed by atoms with Crippen LogP contribution in [-0.4, -0.2) is 37.3 Å². The fourth-order valence-electron chi connectivity index (χ4n) is 5.85. The number of fused-ring (bicyclic) bond motifs is 3. The van der Waals surface area contributed by atoms with Gasteiger partial charge in [0.1, 0.15) is 5.75 Å². The van der Waals surface area contributed by atoms with Gasteiger partial charge in [-0.15, -0.1) is 13.2 Å². The Morgan fingerprint density at radius 2 is 2.05 bits per heavy atom. The Morgan fingerprint density at radius 3 is 2.85 bits per heavy atom. The number of rotatable bonds is 10. The van der Waals surface area contributed by atoms with Crippen LogP contribution >= 0.6 is 11.6 Å². The Bertz CT molecular complexity index is 1570. The first-order valence-corrected chi connectivity index (χ1v) is 15.7. The Kier molecular flexibility index (Phi) is 8.56. The molecule has 1 aliphatic carbocycles. The Morgan fingerprint density at radius 1 is 1.20 bits per heavy atom. The van der Waals surface area contributed by atoms with Gasteiger partial charge in [-0.2, -0.15) is 5.10 Å². The standard InChI is InChI=1S/C31H35ClN4O4S/c1-3-5-6-9-30(37)34-41(38,39)26-11-13-29-28(17-26)35(19-23-18-33-36(20-23)15-4-2)21-31(22-40-29)14-7-8-24-16-25(32)10-12-27(24)31/h3-4,10-13,16-18,20H,1-2,5-9,14-15,19,21-22H2,(H,34,37). The predicted molar refractivity (Wildman–Crippen MR) is 161 cm³/mol. The van der Waals surface area contributed by atoms with E-state index in [1.54, 1.807) is 24.3 Å². The number of sulfonamides is 1. The third-order valence-corrected chi connectivity index (χ3v) is 9.36. The highest BCUT2D eigenvalue weighted by molar-refractivity contribution is 7.90. The van der Waals surface area contributed by atoms with Crippen LogP contribution in [0.15, 0.2) is 79.0 Å². The second-order valence-corrected chi connectivity index (χ2v) is 12.9. The summed E-state index contributed by atoms with van der Waals surface area (Å²) in [5.41, 5.74) is 3.76. The van der Waals surface area contributed by atoms with Gasteiger partial charge < -0.3 is 9.64 Å². The molecule has 0 saturated heterocycles. The number of hydrogen-bond donors (Lipinski definition) is 1. The number of nitrogens with zero attached hydrogens (tertiary/aromatic N) is 3. The molecule has 0 saturated carbocycles. The molecule has 2 aromatic carbocycles. The van der Waals surface area contributed by atoms with Crippen molar-refractivity contribution in [3.63, 3.8) is 0 Å². The number of carbonyl (C=O) groups excluding carboxylic acids is 1. The zero-order valence-corrected chi connectivity index (χ0v) is 24.6. The average Bonchev–Trinajstić information content (AvgIpc) is 3.32. The first-order chi connectivity index (χ1) is 19.7. The monoisotopic (exact) mass is 594 g/mol. The summed E-state index contributed by atoms with van der Waals surface area (Å²) >= 11 is 6.36. The van der Waals surface area contributed by atoms with E-state index >= 15 is 0 Å². The number of benzene rings is 2. The quantitative estimate of drug-likeness (QED) is 0.244. The number of halogens is 1. The molecule has 1 N–H and O–H groups in total. The molecule has 1 unspecified atom stereocenters. The number of nitrogens with one attached hydrogen (secondary N) is 1. The van der Waals surface area contributed by atoms with Crippen molar-refractivity contribution >= 4 is 33.2 Å². The smallest absolute Gasteiger partial charge is 0.264 e. The molecule has 0 fully saturated rings. The van der Waals surface area contributed by atoms with Gasteiger partial charge in [0, 0.05) is 41.7 Å². The maximum absolute atomic E-state index is 13.2. The molecule has 1 amide bonds. The number of anilines is 1. The SMILES string of the molecule is C=CCCCC(=O)NS(=O)(=O)c1ccc2c(c1)N(Cc1cnn(CC=C)c1)CC1(CCCc3cc(Cl)ccc31)CO2. The van der Waals surface area contributed by atoms with Gasteiger partial charge in [-0.05, 0) is 73.6 Å². The van der Waals surface area contributed by atoms with Gasteiger partial charge >= 0.3 is 0 Å². The molecule has 1 aromatic heterocycles. The van der Waals surface area contributed by atoms with Crippen LogP contribution in [0, 0.1) is 0 Å². The second kappa shape index (κ2) is 12.1. The zero-order valence-electron chi connectivity index (χ0n) is 23.0. The molecule has 0 bridgehead atoms. The highest BCUT2D eigenvalue weighted by Crippen LogP contribution is 2.45. The van der Waals surface area contributed by atoms with Crippen molar-refractivity contribution in [3.8, 4) is 5.75 Å². The molecule has 1 spiro atoms. The molecule has 41 heavy (non-hydrogen) atoms. The molecular weight excluding hydrogens is 560 g/mol. The summed E-state index contributed by atoms with van der Waals surface area (Å²) in [6, 6.07) is 10.9. The molecule has 2 heterocycles. The molecule has 8 nitrogen and oxygen atoms in total. The minimum atomic E-state index is -4.08. The minimum Gasteiger partial charge on any atom is -0.490 e. The topological polar surface area (TPSA) is 93.5 Å². The summed E-state index contributed by atoms with van der Waals surface area (Å²) in [5, 5.41) is 5.16. The summed E-state index contributed by atoms with van der Waals surface area (Å²) in [5.74, 6) is 0.0543. The van der Waals surface area contributed by atoms with Crippen LogP contribution in [0.2, 0.25) is 5.02 Å². The van der Waals surface area contributed by atoms with Gasteiger partial charge in [0.15, 0.2) is 0 Å². The van der Waals surface area contributed by atoms with E-state index in [4.69, 9.17) is 16.3 Å². The van der Waals surface area contributed by atoms with Gasteiger partial charge in [0.05, 0.1) is 29.9 Å². The lowest BCUT2D eigenvalue weighted by molar-refractivity contribution is -0.119. The second-order valence-electron chi connectivity index (χ2n) is 10.8. The lowest BCUT2D eigenvalue weighted by Crippen LogP contribution is -2.45. The third-order valence-electron chi connectivity index (χ3n) is 7.76. The van der Waals surface area contributed by atoms with Crippen molar-refractivity contribution in [1.29, 1.82) is 0 Å². The van der Waals surface area contributed by atoms with Crippen LogP contribution in [0.4, 0.5) is 5.69 Å². The Labute approximate surface area is 246 Å². The first-order valence-electron chi connectivity index (χ1n) is 13.8. The summed E-state index contributed by atoms with van der Waals surface area (Å²) in [6.07, 6.45) is 11.4. The normalized spacial score (nSPS) is 18.1. The van der Waals surface area contributed by atoms with Gasteiger partial charge in [-0.25, -0.2) is 13.1 Å². The van der Waals surface area contributed by atoms with E-state index in [-0.39, 0.29) is 16.7 Å². The number of carbonyl (C=O) groups is 1. The van der Waals surface area contributed by atoms with Crippen LogP contribution in [0.5, 0.6) is 5.75 Å². The fourth-order valence-corrected chi connectivity index (χ4v) is 7.07. The summed E-state index contributed by atoms with van der Waals surface area (Å²) in [7, 11) is -4.08. The van der Waals surface area contributed by atoms with E-state index in [1.165, 1.54) is 17.2 Å². The van der Waals surface area contributed by atoms with Crippen LogP contribution < -0.4 is 14.4 Å². The van der Waals surface area contributed by atoms with Crippen molar-refractivity contribution in [1.82, 2.24) is 14.5 Å². The summed E-state index contributed by atoms with van der Waals surface area (Å²) in [6.45, 7) is 9.58. The molecular formula is C31H35ClN4O4S. The largest absolute Gasteiger partial charge is 0.490 e. The highest BCUT2D eigenvalue weighted by Gasteiger charge is 2.42. The number of amides is 1. The number of ether oxygens (including phenoxy) is 1. The van der Waals surface area contributed by atoms with Crippen molar-refractivity contribution in [3.05, 3.63) is 95.8 Å². The van der Waals surface area contributed by atoms with E-state index < -0.39 is 15.9 Å². The molecule has 216 valence electrons. The van der Waals surface area contributed by atoms with E-state index in [0.717, 1.165) is 24.8 Å². The minimum absolute atomic E-state index is 0.0102. The van der Waals surface area contributed by atoms with Crippen molar-refractivity contribution in [2.75, 3.05) is 18.1 Å². The van der Waals surface area contributed by atoms with Crippen LogP contribution in [0.1, 0.15) is 48.8 Å². The molecule has 3 aromatic rings. The van der Waals surface area contributed by atoms with E-state index in [9.17, 15) is 13.2 Å². The van der Waals surface area contributed by atoms with Crippen LogP contribution in [-0.2, 0) is 39.7 Å². The van der Waals surface area contributed by atoms with E-state index in [2.05, 4.69) is 33.9 Å². The predicted octanol–water partition coefficient (Wildman–Crippen LogP) is 5.56.